The Morgan fingerprint density at radius 3 is 2.27 bits per heavy atom. The van der Waals surface area contributed by atoms with E-state index in [1.54, 1.807) is 13.0 Å². The number of fused-ring (bicyclic) bond motifs is 5. The summed E-state index contributed by atoms with van der Waals surface area (Å²) in [6, 6.07) is 0. The molecule has 40 heavy (non-hydrogen) atoms. The van der Waals surface area contributed by atoms with Crippen molar-refractivity contribution >= 4 is 48.8 Å². The van der Waals surface area contributed by atoms with Crippen LogP contribution < -0.4 is 5.32 Å². The zero-order chi connectivity index (χ0) is 24.9. The Balaban J connectivity index is -0.00000228. The molecule has 3 fully saturated rings. The second-order valence-electron chi connectivity index (χ2n) is 11.3. The molecule has 9 N–H and O–H groups in total. The fourth-order valence-corrected chi connectivity index (χ4v) is 7.80. The quantitative estimate of drug-likeness (QED) is 0.337. The molecule has 13 heteroatoms. The van der Waals surface area contributed by atoms with E-state index in [9.17, 15) is 19.8 Å². The molecule has 0 aliphatic heterocycles. The van der Waals surface area contributed by atoms with Gasteiger partial charge in [0.2, 0.25) is 0 Å². The molecule has 4 rings (SSSR count). The highest BCUT2D eigenvalue weighted by atomic mass is 35.5. The van der Waals surface area contributed by atoms with E-state index in [1.165, 1.54) is 12.2 Å². The third kappa shape index (κ3) is 6.32. The van der Waals surface area contributed by atoms with Gasteiger partial charge in [-0.25, -0.2) is 4.39 Å². The summed E-state index contributed by atoms with van der Waals surface area (Å²) in [7, 11) is 0. The van der Waals surface area contributed by atoms with Crippen LogP contribution in [0.5, 0.6) is 0 Å². The summed E-state index contributed by atoms with van der Waals surface area (Å²) in [4.78, 5) is 27.5. The Morgan fingerprint density at radius 1 is 1.10 bits per heavy atom. The highest BCUT2D eigenvalue weighted by molar-refractivity contribution is 6.01. The number of hydrogen-bond donors (Lipinski definition) is 3. The van der Waals surface area contributed by atoms with Crippen LogP contribution in [0.25, 0.3) is 0 Å². The number of ketones is 2. The van der Waals surface area contributed by atoms with Crippen LogP contribution in [0, 0.1) is 22.7 Å². The van der Waals surface area contributed by atoms with Crippen molar-refractivity contribution in [3.05, 3.63) is 23.8 Å². The number of nitrogens with one attached hydrogen (secondary N) is 1. The molecule has 0 aromatic rings. The number of carbonyl (C=O) groups excluding carboxylic acids is 2. The van der Waals surface area contributed by atoms with E-state index in [-0.39, 0.29) is 90.5 Å². The summed E-state index contributed by atoms with van der Waals surface area (Å²) in [5.74, 6) is -1.10. The maximum absolute atomic E-state index is 17.1. The van der Waals surface area contributed by atoms with Gasteiger partial charge in [0.05, 0.1) is 12.6 Å². The Morgan fingerprint density at radius 2 is 1.70 bits per heavy atom. The first-order chi connectivity index (χ1) is 16.0. The average molecular weight is 640 g/mol. The normalized spacial score (nSPS) is 36.9. The summed E-state index contributed by atoms with van der Waals surface area (Å²) in [5, 5.41) is 26.2. The van der Waals surface area contributed by atoms with Crippen molar-refractivity contribution < 1.29 is 40.6 Å². The number of rotatable bonds is 8. The fraction of sp³-hybridized carbons (Fsp3) is 0.778. The molecule has 0 heterocycles. The van der Waals surface area contributed by atoms with E-state index in [1.807, 2.05) is 6.92 Å². The van der Waals surface area contributed by atoms with Gasteiger partial charge in [-0.05, 0) is 70.2 Å². The first kappa shape index (κ1) is 43.8. The number of nitrogens with zero attached hydrogens (tertiary/aromatic N) is 1. The van der Waals surface area contributed by atoms with Gasteiger partial charge >= 0.3 is 0 Å². The number of aliphatic hydroxyl groups is 2. The lowest BCUT2D eigenvalue weighted by Gasteiger charge is -2.62. The molecule has 238 valence electrons. The molecule has 9 nitrogen and oxygen atoms in total. The first-order valence-corrected chi connectivity index (χ1v) is 13.0. The molecule has 4 aliphatic carbocycles. The van der Waals surface area contributed by atoms with Gasteiger partial charge in [-0.1, -0.05) is 32.4 Å². The van der Waals surface area contributed by atoms with Crippen LogP contribution in [0.4, 0.5) is 4.39 Å². The van der Waals surface area contributed by atoms with Gasteiger partial charge in [0, 0.05) is 29.8 Å². The van der Waals surface area contributed by atoms with E-state index in [0.717, 1.165) is 25.2 Å². The topological polar surface area (TPSA) is 184 Å². The van der Waals surface area contributed by atoms with Crippen molar-refractivity contribution in [3.63, 3.8) is 0 Å². The van der Waals surface area contributed by atoms with Crippen molar-refractivity contribution in [1.29, 1.82) is 0 Å². The molecule has 0 unspecified atom stereocenters. The van der Waals surface area contributed by atoms with Crippen molar-refractivity contribution in [2.75, 3.05) is 32.7 Å². The van der Waals surface area contributed by atoms with Gasteiger partial charge in [-0.15, -0.1) is 37.2 Å². The van der Waals surface area contributed by atoms with Crippen LogP contribution >= 0.6 is 37.2 Å². The summed E-state index contributed by atoms with van der Waals surface area (Å²) in [5.41, 5.74) is -4.73. The van der Waals surface area contributed by atoms with E-state index in [4.69, 9.17) is 0 Å². The first-order valence-electron chi connectivity index (χ1n) is 13.0. The maximum Gasteiger partial charge on any atom is 0.178 e. The molecular weight excluding hydrogens is 590 g/mol. The lowest BCUT2D eigenvalue weighted by atomic mass is 9.44. The van der Waals surface area contributed by atoms with Crippen molar-refractivity contribution in [2.45, 2.75) is 77.2 Å². The highest BCUT2D eigenvalue weighted by Gasteiger charge is 2.73. The van der Waals surface area contributed by atoms with Gasteiger partial charge in [-0.2, -0.15) is 0 Å². The van der Waals surface area contributed by atoms with Gasteiger partial charge in [0.15, 0.2) is 17.2 Å². The number of aliphatic hydroxyl groups excluding tert-OH is 1. The van der Waals surface area contributed by atoms with Crippen LogP contribution in [0.2, 0.25) is 0 Å². The predicted octanol–water partition coefficient (Wildman–Crippen LogP) is 1.38. The monoisotopic (exact) mass is 638 g/mol. The molecule has 0 saturated heterocycles. The Kier molecular flexibility index (Phi) is 17.2. The van der Waals surface area contributed by atoms with Crippen LogP contribution in [-0.4, -0.2) is 93.2 Å². The average Bonchev–Trinajstić information content (AvgIpc) is 3.07. The minimum atomic E-state index is -1.94. The number of carbonyl (C=O) groups is 2. The fourth-order valence-electron chi connectivity index (χ4n) is 7.80. The summed E-state index contributed by atoms with van der Waals surface area (Å²) in [6.45, 7) is 11.3. The molecule has 0 bridgehead atoms. The molecule has 0 spiro atoms. The van der Waals surface area contributed by atoms with Gasteiger partial charge < -0.3 is 36.9 Å². The molecule has 0 aromatic carbocycles. The molecule has 4 aliphatic rings. The van der Waals surface area contributed by atoms with Gasteiger partial charge in [0.1, 0.15) is 5.60 Å². The van der Waals surface area contributed by atoms with Crippen molar-refractivity contribution in [2.24, 2.45) is 22.7 Å². The van der Waals surface area contributed by atoms with E-state index < -0.39 is 34.1 Å². The lowest BCUT2D eigenvalue weighted by Crippen LogP contribution is -2.69. The summed E-state index contributed by atoms with van der Waals surface area (Å²) >= 11 is 0. The van der Waals surface area contributed by atoms with Gasteiger partial charge in [0.25, 0.3) is 0 Å². The summed E-state index contributed by atoms with van der Waals surface area (Å²) < 4.78 is 17.1. The summed E-state index contributed by atoms with van der Waals surface area (Å²) in [6.07, 6.45) is 5.19. The lowest BCUT2D eigenvalue weighted by molar-refractivity contribution is -0.216. The van der Waals surface area contributed by atoms with E-state index in [0.29, 0.717) is 25.8 Å². The standard InChI is InChI=1S/C27H41FN2O4.3ClH.3H2O/c1-5-30(6-2)14-13-29-17-23(33)26(34)12-10-20-21-8-7-18-15-19(31)9-11-24(18,3)27(21,28)22(32)16-25(20,26)4;;;;;;/h9,11,15,20-22,29,32,34H,5-8,10,12-14,16-17H2,1-4H3;3*1H;3*1H2/t20-,21-,22-,24-,25-,26-,27-;;;;;;/m0....../s1. The van der Waals surface area contributed by atoms with Crippen molar-refractivity contribution in [3.8, 4) is 0 Å². The number of alkyl halides is 1. The number of likely N-dealkylation sites (N-methyl/N-ethyl adjacent to an activating group) is 1. The SMILES string of the molecule is CCN(CC)CCNCC(=O)[C@@]1(O)CC[C@H]2[C@@H]3CCC4=CC(=O)C=C[C@]4(C)[C@@]3(F)[C@@H](O)C[C@@]21C.Cl.Cl.Cl.O.O.O. The van der Waals surface area contributed by atoms with Crippen LogP contribution in [0.3, 0.4) is 0 Å². The second-order valence-corrected chi connectivity index (χ2v) is 11.3. The molecule has 7 atom stereocenters. The minimum absolute atomic E-state index is 0. The maximum atomic E-state index is 17.1. The molecule has 0 amide bonds. The zero-order valence-electron chi connectivity index (χ0n) is 23.8. The van der Waals surface area contributed by atoms with E-state index in [2.05, 4.69) is 24.1 Å². The van der Waals surface area contributed by atoms with Crippen LogP contribution in [0.1, 0.15) is 59.8 Å². The third-order valence-corrected chi connectivity index (χ3v) is 10.0. The third-order valence-electron chi connectivity index (χ3n) is 10.0. The number of halogens is 4. The Labute approximate surface area is 255 Å². The molecular formula is C27H50Cl3FN2O7. The van der Waals surface area contributed by atoms with Crippen LogP contribution in [0.15, 0.2) is 23.8 Å². The largest absolute Gasteiger partial charge is 0.412 e. The molecule has 0 radical (unpaired) electrons. The van der Waals surface area contributed by atoms with E-state index >= 15 is 4.39 Å². The zero-order valence-corrected chi connectivity index (χ0v) is 26.2. The number of Topliss-reactive ketones (excluding diaryl/α,β-unsaturated/α-hetero) is 1. The smallest absolute Gasteiger partial charge is 0.178 e. The predicted molar refractivity (Wildman–Crippen MR) is 162 cm³/mol. The number of allylic oxidation sites excluding steroid dienone is 4. The van der Waals surface area contributed by atoms with Gasteiger partial charge in [-0.3, -0.25) is 9.59 Å². The van der Waals surface area contributed by atoms with Crippen LogP contribution in [-0.2, 0) is 9.59 Å². The molecule has 3 saturated carbocycles. The highest BCUT2D eigenvalue weighted by Crippen LogP contribution is 2.69. The van der Waals surface area contributed by atoms with Crippen molar-refractivity contribution in [1.82, 2.24) is 10.2 Å². The Hall–Kier alpha value is -0.660. The molecule has 0 aromatic heterocycles. The second kappa shape index (κ2) is 15.7. The minimum Gasteiger partial charge on any atom is -0.412 e. The number of hydrogen-bond acceptors (Lipinski definition) is 6. The Bertz CT molecular complexity index is 925.